The second-order valence-corrected chi connectivity index (χ2v) is 5.76. The lowest BCUT2D eigenvalue weighted by molar-refractivity contribution is -0.125. The lowest BCUT2D eigenvalue weighted by atomic mass is 10.0. The lowest BCUT2D eigenvalue weighted by Gasteiger charge is -2.25. The van der Waals surface area contributed by atoms with E-state index in [1.165, 1.54) is 0 Å². The van der Waals surface area contributed by atoms with E-state index in [4.69, 9.17) is 15.2 Å². The standard InChI is InChI=1S/C15H25N3O4/c1-21-13-11-18(10-12(13)9-14(16)19)15(20)3-2-4-17-5-7-22-8-6-17/h2-3,12-13H,4-11H2,1H3,(H2,16,19)/b3-2+/t12-,13-/m0/s1. The first-order valence-corrected chi connectivity index (χ1v) is 7.66. The van der Waals surface area contributed by atoms with Crippen molar-refractivity contribution in [3.63, 3.8) is 0 Å². The normalized spacial score (nSPS) is 26.7. The second kappa shape index (κ2) is 8.26. The molecule has 0 aromatic heterocycles. The van der Waals surface area contributed by atoms with Gasteiger partial charge in [-0.1, -0.05) is 6.08 Å². The van der Waals surface area contributed by atoms with Gasteiger partial charge in [-0.15, -0.1) is 0 Å². The Morgan fingerprint density at radius 1 is 1.32 bits per heavy atom. The molecule has 0 aromatic carbocycles. The van der Waals surface area contributed by atoms with Gasteiger partial charge in [-0.05, 0) is 0 Å². The van der Waals surface area contributed by atoms with E-state index >= 15 is 0 Å². The molecule has 0 spiro atoms. The Hall–Kier alpha value is -1.44. The largest absolute Gasteiger partial charge is 0.379 e. The third-order valence-electron chi connectivity index (χ3n) is 4.19. The highest BCUT2D eigenvalue weighted by atomic mass is 16.5. The Morgan fingerprint density at radius 2 is 2.05 bits per heavy atom. The summed E-state index contributed by atoms with van der Waals surface area (Å²) in [7, 11) is 1.60. The molecule has 0 radical (unpaired) electrons. The van der Waals surface area contributed by atoms with Crippen LogP contribution in [0.1, 0.15) is 6.42 Å². The van der Waals surface area contributed by atoms with Gasteiger partial charge in [0.25, 0.3) is 0 Å². The van der Waals surface area contributed by atoms with Crippen molar-refractivity contribution in [1.29, 1.82) is 0 Å². The molecule has 124 valence electrons. The summed E-state index contributed by atoms with van der Waals surface area (Å²) >= 11 is 0. The van der Waals surface area contributed by atoms with Gasteiger partial charge in [0, 0.05) is 58.2 Å². The van der Waals surface area contributed by atoms with Crippen LogP contribution in [-0.4, -0.2) is 80.8 Å². The molecule has 7 heteroatoms. The molecule has 0 saturated carbocycles. The summed E-state index contributed by atoms with van der Waals surface area (Å²) in [5.74, 6) is -0.411. The van der Waals surface area contributed by atoms with Gasteiger partial charge in [-0.2, -0.15) is 0 Å². The van der Waals surface area contributed by atoms with Gasteiger partial charge >= 0.3 is 0 Å². The Labute approximate surface area is 131 Å². The monoisotopic (exact) mass is 311 g/mol. The van der Waals surface area contributed by atoms with Crippen LogP contribution in [0.2, 0.25) is 0 Å². The minimum atomic E-state index is -0.357. The topological polar surface area (TPSA) is 85.1 Å². The van der Waals surface area contributed by atoms with E-state index in [1.54, 1.807) is 18.1 Å². The fourth-order valence-electron chi connectivity index (χ4n) is 2.93. The number of likely N-dealkylation sites (tertiary alicyclic amines) is 1. The number of nitrogens with two attached hydrogens (primary N) is 1. The predicted octanol–water partition coefficient (Wildman–Crippen LogP) is -0.776. The Morgan fingerprint density at radius 3 is 2.68 bits per heavy atom. The molecule has 2 rings (SSSR count). The molecule has 2 heterocycles. The van der Waals surface area contributed by atoms with E-state index in [1.807, 2.05) is 6.08 Å². The summed E-state index contributed by atoms with van der Waals surface area (Å²) in [6.45, 7) is 5.07. The minimum absolute atomic E-state index is 0.0147. The maximum Gasteiger partial charge on any atom is 0.246 e. The number of methoxy groups -OCH3 is 1. The number of ether oxygens (including phenoxy) is 2. The average Bonchev–Trinajstić information content (AvgIpc) is 2.90. The molecular weight excluding hydrogens is 286 g/mol. The van der Waals surface area contributed by atoms with E-state index in [-0.39, 0.29) is 30.3 Å². The quantitative estimate of drug-likeness (QED) is 0.651. The third-order valence-corrected chi connectivity index (χ3v) is 4.19. The van der Waals surface area contributed by atoms with Crippen molar-refractivity contribution in [2.45, 2.75) is 12.5 Å². The van der Waals surface area contributed by atoms with Crippen LogP contribution in [0, 0.1) is 5.92 Å². The van der Waals surface area contributed by atoms with Crippen LogP contribution >= 0.6 is 0 Å². The average molecular weight is 311 g/mol. The maximum absolute atomic E-state index is 12.2. The van der Waals surface area contributed by atoms with Gasteiger partial charge in [0.1, 0.15) is 0 Å². The highest BCUT2D eigenvalue weighted by Gasteiger charge is 2.35. The van der Waals surface area contributed by atoms with Crippen molar-refractivity contribution in [2.24, 2.45) is 11.7 Å². The summed E-state index contributed by atoms with van der Waals surface area (Å²) in [6.07, 6.45) is 3.62. The fourth-order valence-corrected chi connectivity index (χ4v) is 2.93. The number of morpholine rings is 1. The summed E-state index contributed by atoms with van der Waals surface area (Å²) in [4.78, 5) is 27.2. The van der Waals surface area contributed by atoms with Crippen molar-refractivity contribution in [3.05, 3.63) is 12.2 Å². The fraction of sp³-hybridized carbons (Fsp3) is 0.733. The smallest absolute Gasteiger partial charge is 0.246 e. The molecular formula is C15H25N3O4. The SMILES string of the molecule is CO[C@H]1CN(C(=O)/C=C/CN2CCOCC2)C[C@@H]1CC(N)=O. The molecule has 0 aromatic rings. The van der Waals surface area contributed by atoms with Gasteiger partial charge in [0.2, 0.25) is 11.8 Å². The van der Waals surface area contributed by atoms with Crippen molar-refractivity contribution in [3.8, 4) is 0 Å². The number of carbonyl (C=O) groups excluding carboxylic acids is 2. The molecule has 2 N–H and O–H groups in total. The zero-order valence-electron chi connectivity index (χ0n) is 13.1. The predicted molar refractivity (Wildman–Crippen MR) is 81.1 cm³/mol. The lowest BCUT2D eigenvalue weighted by Crippen LogP contribution is -2.36. The number of amides is 2. The number of hydrogen-bond acceptors (Lipinski definition) is 5. The van der Waals surface area contributed by atoms with E-state index in [9.17, 15) is 9.59 Å². The molecule has 7 nitrogen and oxygen atoms in total. The van der Waals surface area contributed by atoms with Crippen LogP contribution in [0.25, 0.3) is 0 Å². The minimum Gasteiger partial charge on any atom is -0.379 e. The molecule has 2 amide bonds. The van der Waals surface area contributed by atoms with Gasteiger partial charge in [0.15, 0.2) is 0 Å². The Kier molecular flexibility index (Phi) is 6.35. The first kappa shape index (κ1) is 16.9. The zero-order chi connectivity index (χ0) is 15.9. The summed E-state index contributed by atoms with van der Waals surface area (Å²) < 4.78 is 10.6. The summed E-state index contributed by atoms with van der Waals surface area (Å²) in [6, 6.07) is 0. The Balaban J connectivity index is 1.80. The number of rotatable bonds is 6. The summed E-state index contributed by atoms with van der Waals surface area (Å²) in [5.41, 5.74) is 5.25. The second-order valence-electron chi connectivity index (χ2n) is 5.76. The van der Waals surface area contributed by atoms with Crippen LogP contribution in [0.3, 0.4) is 0 Å². The molecule has 0 bridgehead atoms. The van der Waals surface area contributed by atoms with E-state index in [0.717, 1.165) is 32.8 Å². The molecule has 22 heavy (non-hydrogen) atoms. The van der Waals surface area contributed by atoms with Crippen molar-refractivity contribution < 1.29 is 19.1 Å². The van der Waals surface area contributed by atoms with Crippen molar-refractivity contribution in [2.75, 3.05) is 53.0 Å². The molecule has 2 aliphatic rings. The highest BCUT2D eigenvalue weighted by molar-refractivity contribution is 5.88. The van der Waals surface area contributed by atoms with Gasteiger partial charge < -0.3 is 20.1 Å². The first-order chi connectivity index (χ1) is 10.6. The number of hydrogen-bond donors (Lipinski definition) is 1. The van der Waals surface area contributed by atoms with E-state index in [0.29, 0.717) is 13.1 Å². The van der Waals surface area contributed by atoms with Crippen molar-refractivity contribution in [1.82, 2.24) is 9.80 Å². The molecule has 0 aliphatic carbocycles. The third kappa shape index (κ3) is 4.79. The van der Waals surface area contributed by atoms with Crippen molar-refractivity contribution >= 4 is 11.8 Å². The van der Waals surface area contributed by atoms with Gasteiger partial charge in [-0.3, -0.25) is 14.5 Å². The molecule has 2 atom stereocenters. The number of carbonyl (C=O) groups is 2. The molecule has 2 aliphatic heterocycles. The van der Waals surface area contributed by atoms with Crippen LogP contribution in [0.4, 0.5) is 0 Å². The molecule has 2 fully saturated rings. The number of nitrogens with zero attached hydrogens (tertiary/aromatic N) is 2. The maximum atomic E-state index is 12.2. The van der Waals surface area contributed by atoms with Crippen LogP contribution in [0.15, 0.2) is 12.2 Å². The van der Waals surface area contributed by atoms with E-state index in [2.05, 4.69) is 4.90 Å². The first-order valence-electron chi connectivity index (χ1n) is 7.66. The summed E-state index contributed by atoms with van der Waals surface area (Å²) in [5, 5.41) is 0. The van der Waals surface area contributed by atoms with E-state index < -0.39 is 0 Å². The van der Waals surface area contributed by atoms with Crippen LogP contribution in [-0.2, 0) is 19.1 Å². The number of primary amides is 1. The molecule has 2 saturated heterocycles. The van der Waals surface area contributed by atoms with Crippen LogP contribution in [0.5, 0.6) is 0 Å². The highest BCUT2D eigenvalue weighted by Crippen LogP contribution is 2.22. The molecule has 0 unspecified atom stereocenters. The Bertz CT molecular complexity index is 421. The zero-order valence-corrected chi connectivity index (χ0v) is 13.1. The van der Waals surface area contributed by atoms with Crippen LogP contribution < -0.4 is 5.73 Å². The van der Waals surface area contributed by atoms with Gasteiger partial charge in [0.05, 0.1) is 19.3 Å². The van der Waals surface area contributed by atoms with Gasteiger partial charge in [-0.25, -0.2) is 0 Å².